The minimum Gasteiger partial charge on any atom is -0.329 e. The Labute approximate surface area is 165 Å². The molecule has 0 bridgehead atoms. The lowest BCUT2D eigenvalue weighted by atomic mass is 10.0. The molecule has 0 saturated carbocycles. The molecule has 0 aliphatic rings. The number of hydrogen-bond acceptors (Lipinski definition) is 2. The van der Waals surface area contributed by atoms with Gasteiger partial charge in [-0.15, -0.1) is 0 Å². The van der Waals surface area contributed by atoms with Crippen LogP contribution in [0.5, 0.6) is 0 Å². The third-order valence-corrected chi connectivity index (χ3v) is 4.73. The van der Waals surface area contributed by atoms with Crippen molar-refractivity contribution in [2.24, 2.45) is 0 Å². The number of amides is 2. The van der Waals surface area contributed by atoms with E-state index in [0.717, 1.165) is 35.3 Å². The van der Waals surface area contributed by atoms with Gasteiger partial charge in [0.15, 0.2) is 0 Å². The third kappa shape index (κ3) is 5.30. The van der Waals surface area contributed by atoms with Crippen molar-refractivity contribution in [3.63, 3.8) is 0 Å². The molecule has 0 spiro atoms. The fourth-order valence-corrected chi connectivity index (χ4v) is 3.13. The van der Waals surface area contributed by atoms with Gasteiger partial charge in [0, 0.05) is 18.4 Å². The van der Waals surface area contributed by atoms with E-state index in [1.807, 2.05) is 67.7 Å². The van der Waals surface area contributed by atoms with E-state index < -0.39 is 0 Å². The van der Waals surface area contributed by atoms with E-state index in [2.05, 4.69) is 23.5 Å². The summed E-state index contributed by atoms with van der Waals surface area (Å²) in [5.41, 5.74) is 5.04. The van der Waals surface area contributed by atoms with Crippen LogP contribution in [0.15, 0.2) is 78.9 Å². The second-order valence-electron chi connectivity index (χ2n) is 6.75. The molecule has 4 heteroatoms. The Morgan fingerprint density at radius 3 is 2.21 bits per heavy atom. The van der Waals surface area contributed by atoms with Crippen molar-refractivity contribution in [1.29, 1.82) is 0 Å². The molecular weight excluding hydrogens is 348 g/mol. The number of carbonyl (C=O) groups is 2. The highest BCUT2D eigenvalue weighted by Crippen LogP contribution is 2.19. The Morgan fingerprint density at radius 1 is 0.857 bits per heavy atom. The number of hydrogen-bond donors (Lipinski definition) is 1. The lowest BCUT2D eigenvalue weighted by Crippen LogP contribution is -2.27. The molecule has 0 saturated heterocycles. The number of rotatable bonds is 8. The highest BCUT2D eigenvalue weighted by Gasteiger charge is 2.12. The summed E-state index contributed by atoms with van der Waals surface area (Å²) in [5, 5.41) is 2.68. The normalized spacial score (nSPS) is 10.3. The molecule has 2 amide bonds. The number of likely N-dealkylation sites (N-methyl/N-ethyl adjacent to an activating group) is 1. The van der Waals surface area contributed by atoms with Gasteiger partial charge in [0.25, 0.3) is 0 Å². The molecule has 0 heterocycles. The molecule has 1 N–H and O–H groups in total. The minimum atomic E-state index is 0.0657. The standard InChI is InChI=1S/C24H24N2O2/c1-26(24(28)17-19-7-3-2-4-8-19)23-12-6-10-21(16-23)14-13-20-9-5-11-22(15-20)25-18-27/h2-12,15-16,18H,13-14,17H2,1H3,(H,25,27). The molecule has 0 aliphatic carbocycles. The lowest BCUT2D eigenvalue weighted by Gasteiger charge is -2.18. The first-order valence-corrected chi connectivity index (χ1v) is 9.34. The molecule has 4 nitrogen and oxygen atoms in total. The second-order valence-corrected chi connectivity index (χ2v) is 6.75. The van der Waals surface area contributed by atoms with Crippen molar-refractivity contribution in [3.05, 3.63) is 95.6 Å². The van der Waals surface area contributed by atoms with Crippen LogP contribution >= 0.6 is 0 Å². The zero-order valence-corrected chi connectivity index (χ0v) is 16.0. The Balaban J connectivity index is 1.64. The summed E-state index contributed by atoms with van der Waals surface area (Å²) >= 11 is 0. The second kappa shape index (κ2) is 9.51. The zero-order chi connectivity index (χ0) is 19.8. The summed E-state index contributed by atoms with van der Waals surface area (Å²) in [7, 11) is 1.82. The van der Waals surface area contributed by atoms with Crippen LogP contribution in [-0.4, -0.2) is 19.4 Å². The molecule has 0 atom stereocenters. The fourth-order valence-electron chi connectivity index (χ4n) is 3.13. The Morgan fingerprint density at radius 2 is 1.50 bits per heavy atom. The molecule has 0 radical (unpaired) electrons. The fraction of sp³-hybridized carbons (Fsp3) is 0.167. The summed E-state index contributed by atoms with van der Waals surface area (Å²) in [6.45, 7) is 0. The summed E-state index contributed by atoms with van der Waals surface area (Å²) in [6, 6.07) is 25.7. The van der Waals surface area contributed by atoms with Crippen molar-refractivity contribution in [3.8, 4) is 0 Å². The molecule has 28 heavy (non-hydrogen) atoms. The Hall–Kier alpha value is -3.40. The van der Waals surface area contributed by atoms with E-state index in [4.69, 9.17) is 0 Å². The molecule has 142 valence electrons. The number of benzene rings is 3. The Kier molecular flexibility index (Phi) is 6.58. The van der Waals surface area contributed by atoms with E-state index in [1.165, 1.54) is 5.56 Å². The monoisotopic (exact) mass is 372 g/mol. The summed E-state index contributed by atoms with van der Waals surface area (Å²) in [6.07, 6.45) is 2.79. The van der Waals surface area contributed by atoms with Gasteiger partial charge in [-0.3, -0.25) is 9.59 Å². The van der Waals surface area contributed by atoms with Crippen molar-refractivity contribution >= 4 is 23.7 Å². The van der Waals surface area contributed by atoms with Gasteiger partial charge in [-0.2, -0.15) is 0 Å². The number of carbonyl (C=O) groups excluding carboxylic acids is 2. The van der Waals surface area contributed by atoms with Gasteiger partial charge in [0.2, 0.25) is 12.3 Å². The predicted octanol–water partition coefficient (Wildman–Crippen LogP) is 4.25. The summed E-state index contributed by atoms with van der Waals surface area (Å²) in [4.78, 5) is 24.9. The highest BCUT2D eigenvalue weighted by molar-refractivity contribution is 5.94. The molecule has 0 aliphatic heterocycles. The first-order chi connectivity index (χ1) is 13.7. The van der Waals surface area contributed by atoms with Gasteiger partial charge in [-0.1, -0.05) is 54.6 Å². The van der Waals surface area contributed by atoms with Crippen molar-refractivity contribution in [1.82, 2.24) is 0 Å². The molecular formula is C24H24N2O2. The largest absolute Gasteiger partial charge is 0.329 e. The quantitative estimate of drug-likeness (QED) is 0.601. The van der Waals surface area contributed by atoms with Gasteiger partial charge in [-0.05, 0) is 53.8 Å². The summed E-state index contributed by atoms with van der Waals surface area (Å²) in [5.74, 6) is 0.0657. The summed E-state index contributed by atoms with van der Waals surface area (Å²) < 4.78 is 0. The van der Waals surface area contributed by atoms with Crippen molar-refractivity contribution in [2.75, 3.05) is 17.3 Å². The van der Waals surface area contributed by atoms with Crippen molar-refractivity contribution < 1.29 is 9.59 Å². The first-order valence-electron chi connectivity index (χ1n) is 9.34. The van der Waals surface area contributed by atoms with Crippen LogP contribution in [0, 0.1) is 0 Å². The number of anilines is 2. The van der Waals surface area contributed by atoms with E-state index in [1.54, 1.807) is 4.90 Å². The highest BCUT2D eigenvalue weighted by atomic mass is 16.2. The number of aryl methyl sites for hydroxylation is 2. The molecule has 3 rings (SSSR count). The van der Waals surface area contributed by atoms with Gasteiger partial charge in [0.1, 0.15) is 0 Å². The number of nitrogens with zero attached hydrogens (tertiary/aromatic N) is 1. The number of nitrogens with one attached hydrogen (secondary N) is 1. The van der Waals surface area contributed by atoms with Crippen LogP contribution in [0.2, 0.25) is 0 Å². The lowest BCUT2D eigenvalue weighted by molar-refractivity contribution is -0.117. The van der Waals surface area contributed by atoms with Gasteiger partial charge < -0.3 is 10.2 Å². The average Bonchev–Trinajstić information content (AvgIpc) is 2.73. The van der Waals surface area contributed by atoms with E-state index in [0.29, 0.717) is 12.8 Å². The topological polar surface area (TPSA) is 49.4 Å². The molecule has 3 aromatic rings. The van der Waals surface area contributed by atoms with E-state index >= 15 is 0 Å². The van der Waals surface area contributed by atoms with Crippen LogP contribution in [0.25, 0.3) is 0 Å². The third-order valence-electron chi connectivity index (χ3n) is 4.73. The van der Waals surface area contributed by atoms with Gasteiger partial charge >= 0.3 is 0 Å². The SMILES string of the molecule is CN(C(=O)Cc1ccccc1)c1cccc(CCc2cccc(NC=O)c2)c1. The van der Waals surface area contributed by atoms with Crippen LogP contribution < -0.4 is 10.2 Å². The van der Waals surface area contributed by atoms with Crippen LogP contribution in [0.1, 0.15) is 16.7 Å². The Bertz CT molecular complexity index is 938. The molecule has 0 unspecified atom stereocenters. The van der Waals surface area contributed by atoms with Gasteiger partial charge in [0.05, 0.1) is 6.42 Å². The van der Waals surface area contributed by atoms with Crippen LogP contribution in [0.3, 0.4) is 0 Å². The maximum atomic E-state index is 12.6. The van der Waals surface area contributed by atoms with Crippen LogP contribution in [-0.2, 0) is 28.9 Å². The van der Waals surface area contributed by atoms with Gasteiger partial charge in [-0.25, -0.2) is 0 Å². The van der Waals surface area contributed by atoms with E-state index in [-0.39, 0.29) is 5.91 Å². The molecule has 0 aromatic heterocycles. The predicted molar refractivity (Wildman–Crippen MR) is 114 cm³/mol. The zero-order valence-electron chi connectivity index (χ0n) is 16.0. The average molecular weight is 372 g/mol. The molecule has 3 aromatic carbocycles. The smallest absolute Gasteiger partial charge is 0.231 e. The van der Waals surface area contributed by atoms with Crippen LogP contribution in [0.4, 0.5) is 11.4 Å². The minimum absolute atomic E-state index is 0.0657. The first kappa shape index (κ1) is 19.4. The van der Waals surface area contributed by atoms with E-state index in [9.17, 15) is 9.59 Å². The maximum Gasteiger partial charge on any atom is 0.231 e. The maximum absolute atomic E-state index is 12.6. The molecule has 0 fully saturated rings. The van der Waals surface area contributed by atoms with Crippen molar-refractivity contribution in [2.45, 2.75) is 19.3 Å².